The molecule has 0 aliphatic carbocycles. The molecule has 0 aromatic carbocycles. The number of hydrogen-bond acceptors (Lipinski definition) is 4. The molecular formula is C12H23NO4. The molecule has 1 aliphatic rings. The number of nitrogens with one attached hydrogen (secondary N) is 1. The van der Waals surface area contributed by atoms with Crippen LogP contribution in [-0.4, -0.2) is 43.2 Å². The molecule has 5 heteroatoms. The molecule has 1 atom stereocenters. The first-order valence-electron chi connectivity index (χ1n) is 6.41. The first kappa shape index (κ1) is 14.4. The first-order chi connectivity index (χ1) is 8.21. The summed E-state index contributed by atoms with van der Waals surface area (Å²) in [5, 5.41) is 12.0. The Bertz CT molecular complexity index is 227. The SMILES string of the molecule is CCCCOCCCO[C@@]1(C(=O)O)CCCN1. The number of ether oxygens (including phenoxy) is 2. The Labute approximate surface area is 102 Å². The van der Waals surface area contributed by atoms with Crippen LogP contribution in [0.15, 0.2) is 0 Å². The van der Waals surface area contributed by atoms with Gasteiger partial charge in [0.25, 0.3) is 0 Å². The van der Waals surface area contributed by atoms with Crippen molar-refractivity contribution < 1.29 is 19.4 Å². The quantitative estimate of drug-likeness (QED) is 0.601. The number of hydrogen-bond donors (Lipinski definition) is 2. The molecule has 5 nitrogen and oxygen atoms in total. The number of carboxylic acids is 1. The average molecular weight is 245 g/mol. The third-order valence-electron chi connectivity index (χ3n) is 2.89. The van der Waals surface area contributed by atoms with Gasteiger partial charge < -0.3 is 14.6 Å². The number of carbonyl (C=O) groups is 1. The molecule has 0 amide bonds. The minimum Gasteiger partial charge on any atom is -0.478 e. The maximum absolute atomic E-state index is 11.1. The van der Waals surface area contributed by atoms with Crippen molar-refractivity contribution in [2.75, 3.05) is 26.4 Å². The molecule has 1 rings (SSSR count). The summed E-state index contributed by atoms with van der Waals surface area (Å²) >= 11 is 0. The Kier molecular flexibility index (Phi) is 6.47. The van der Waals surface area contributed by atoms with Crippen LogP contribution in [0, 0.1) is 0 Å². The van der Waals surface area contributed by atoms with E-state index >= 15 is 0 Å². The van der Waals surface area contributed by atoms with E-state index in [4.69, 9.17) is 14.6 Å². The van der Waals surface area contributed by atoms with Gasteiger partial charge in [0.05, 0.1) is 6.61 Å². The minimum absolute atomic E-state index is 0.422. The monoisotopic (exact) mass is 245 g/mol. The summed E-state index contributed by atoms with van der Waals surface area (Å²) in [5.74, 6) is -0.915. The molecule has 0 unspecified atom stereocenters. The van der Waals surface area contributed by atoms with Crippen LogP contribution in [0.1, 0.15) is 39.0 Å². The van der Waals surface area contributed by atoms with Crippen molar-refractivity contribution in [3.05, 3.63) is 0 Å². The van der Waals surface area contributed by atoms with Crippen LogP contribution >= 0.6 is 0 Å². The Morgan fingerprint density at radius 1 is 1.35 bits per heavy atom. The van der Waals surface area contributed by atoms with E-state index in [0.717, 1.165) is 32.3 Å². The van der Waals surface area contributed by atoms with Gasteiger partial charge in [0.1, 0.15) is 0 Å². The lowest BCUT2D eigenvalue weighted by Gasteiger charge is -2.24. The van der Waals surface area contributed by atoms with Crippen LogP contribution in [0.3, 0.4) is 0 Å². The zero-order valence-corrected chi connectivity index (χ0v) is 10.5. The van der Waals surface area contributed by atoms with Crippen molar-refractivity contribution in [2.24, 2.45) is 0 Å². The highest BCUT2D eigenvalue weighted by Crippen LogP contribution is 2.21. The largest absolute Gasteiger partial charge is 0.478 e. The molecule has 0 saturated carbocycles. The number of rotatable bonds is 9. The zero-order chi connectivity index (χ0) is 12.6. The van der Waals surface area contributed by atoms with Gasteiger partial charge in [-0.1, -0.05) is 13.3 Å². The molecule has 1 fully saturated rings. The van der Waals surface area contributed by atoms with Crippen molar-refractivity contribution >= 4 is 5.97 Å². The van der Waals surface area contributed by atoms with E-state index in [1.165, 1.54) is 0 Å². The molecule has 0 radical (unpaired) electrons. The summed E-state index contributed by atoms with van der Waals surface area (Å²) in [5.41, 5.74) is -1.15. The normalized spacial score (nSPS) is 24.1. The van der Waals surface area contributed by atoms with Gasteiger partial charge in [-0.05, 0) is 25.8 Å². The maximum Gasteiger partial charge on any atom is 0.351 e. The molecule has 100 valence electrons. The third-order valence-corrected chi connectivity index (χ3v) is 2.89. The lowest BCUT2D eigenvalue weighted by Crippen LogP contribution is -2.50. The van der Waals surface area contributed by atoms with E-state index in [1.807, 2.05) is 0 Å². The minimum atomic E-state index is -1.15. The molecule has 0 bridgehead atoms. The molecule has 0 aromatic heterocycles. The summed E-state index contributed by atoms with van der Waals surface area (Å²) in [6, 6.07) is 0. The van der Waals surface area contributed by atoms with E-state index in [2.05, 4.69) is 12.2 Å². The Morgan fingerprint density at radius 3 is 2.71 bits per heavy atom. The number of unbranched alkanes of at least 4 members (excludes halogenated alkanes) is 1. The predicted octanol–water partition coefficient (Wildman–Crippen LogP) is 1.37. The summed E-state index contributed by atoms with van der Waals surface area (Å²) in [6.07, 6.45) is 4.32. The van der Waals surface area contributed by atoms with Crippen LogP contribution in [0.4, 0.5) is 0 Å². The number of aliphatic carboxylic acids is 1. The van der Waals surface area contributed by atoms with Gasteiger partial charge in [-0.2, -0.15) is 0 Å². The molecule has 1 saturated heterocycles. The van der Waals surface area contributed by atoms with Gasteiger partial charge in [-0.25, -0.2) is 4.79 Å². The lowest BCUT2D eigenvalue weighted by atomic mass is 10.1. The third kappa shape index (κ3) is 4.61. The maximum atomic E-state index is 11.1. The van der Waals surface area contributed by atoms with E-state index in [0.29, 0.717) is 26.2 Å². The second-order valence-electron chi connectivity index (χ2n) is 4.33. The van der Waals surface area contributed by atoms with E-state index in [-0.39, 0.29) is 0 Å². The smallest absolute Gasteiger partial charge is 0.351 e. The van der Waals surface area contributed by atoms with Crippen molar-refractivity contribution in [1.82, 2.24) is 5.32 Å². The Morgan fingerprint density at radius 2 is 2.12 bits per heavy atom. The molecule has 17 heavy (non-hydrogen) atoms. The van der Waals surface area contributed by atoms with Crippen LogP contribution < -0.4 is 5.32 Å². The van der Waals surface area contributed by atoms with Gasteiger partial charge >= 0.3 is 5.97 Å². The number of carboxylic acid groups (broad SMARTS) is 1. The summed E-state index contributed by atoms with van der Waals surface area (Å²) in [7, 11) is 0. The van der Waals surface area contributed by atoms with Crippen molar-refractivity contribution in [3.8, 4) is 0 Å². The van der Waals surface area contributed by atoms with Gasteiger partial charge in [0, 0.05) is 19.6 Å². The van der Waals surface area contributed by atoms with E-state index < -0.39 is 11.7 Å². The highest BCUT2D eigenvalue weighted by molar-refractivity contribution is 5.77. The average Bonchev–Trinajstić information content (AvgIpc) is 2.78. The molecule has 0 spiro atoms. The van der Waals surface area contributed by atoms with Crippen LogP contribution in [-0.2, 0) is 14.3 Å². The predicted molar refractivity (Wildman–Crippen MR) is 63.9 cm³/mol. The van der Waals surface area contributed by atoms with E-state index in [1.54, 1.807) is 0 Å². The zero-order valence-electron chi connectivity index (χ0n) is 10.5. The first-order valence-corrected chi connectivity index (χ1v) is 6.41. The van der Waals surface area contributed by atoms with Crippen molar-refractivity contribution in [3.63, 3.8) is 0 Å². The second kappa shape index (κ2) is 7.63. The van der Waals surface area contributed by atoms with Crippen LogP contribution in [0.2, 0.25) is 0 Å². The molecule has 0 aromatic rings. The highest BCUT2D eigenvalue weighted by Gasteiger charge is 2.42. The Hall–Kier alpha value is -0.650. The van der Waals surface area contributed by atoms with Gasteiger partial charge in [0.2, 0.25) is 5.72 Å². The van der Waals surface area contributed by atoms with Crippen LogP contribution in [0.25, 0.3) is 0 Å². The van der Waals surface area contributed by atoms with Crippen LogP contribution in [0.5, 0.6) is 0 Å². The summed E-state index contributed by atoms with van der Waals surface area (Å²) < 4.78 is 10.9. The fourth-order valence-electron chi connectivity index (χ4n) is 1.84. The topological polar surface area (TPSA) is 67.8 Å². The standard InChI is InChI=1S/C12H23NO4/c1-2-3-8-16-9-5-10-17-12(11(14)15)6-4-7-13-12/h13H,2-10H2,1H3,(H,14,15)/t12-/m1/s1. The highest BCUT2D eigenvalue weighted by atomic mass is 16.5. The fourth-order valence-corrected chi connectivity index (χ4v) is 1.84. The van der Waals surface area contributed by atoms with E-state index in [9.17, 15) is 4.79 Å². The summed E-state index contributed by atoms with van der Waals surface area (Å²) in [6.45, 7) is 4.66. The molecule has 2 N–H and O–H groups in total. The Balaban J connectivity index is 2.10. The van der Waals surface area contributed by atoms with Crippen molar-refractivity contribution in [1.29, 1.82) is 0 Å². The lowest BCUT2D eigenvalue weighted by molar-refractivity contribution is -0.169. The molecule has 1 aliphatic heterocycles. The second-order valence-corrected chi connectivity index (χ2v) is 4.33. The molecular weight excluding hydrogens is 222 g/mol. The van der Waals surface area contributed by atoms with Gasteiger partial charge in [0.15, 0.2) is 0 Å². The fraction of sp³-hybridized carbons (Fsp3) is 0.917. The summed E-state index contributed by atoms with van der Waals surface area (Å²) in [4.78, 5) is 11.1. The van der Waals surface area contributed by atoms with Gasteiger partial charge in [-0.3, -0.25) is 5.32 Å². The molecule has 1 heterocycles. The van der Waals surface area contributed by atoms with Gasteiger partial charge in [-0.15, -0.1) is 0 Å². The van der Waals surface area contributed by atoms with Crippen molar-refractivity contribution in [2.45, 2.75) is 44.8 Å².